The van der Waals surface area contributed by atoms with E-state index in [2.05, 4.69) is 12.3 Å². The first-order valence-corrected chi connectivity index (χ1v) is 7.02. The molecule has 0 bridgehead atoms. The van der Waals surface area contributed by atoms with Crippen LogP contribution < -0.4 is 11.3 Å². The fourth-order valence-corrected chi connectivity index (χ4v) is 2.68. The number of carbonyl (C=O) groups is 1. The molecule has 19 heavy (non-hydrogen) atoms. The van der Waals surface area contributed by atoms with Gasteiger partial charge < -0.3 is 10.3 Å². The van der Waals surface area contributed by atoms with E-state index >= 15 is 0 Å². The zero-order chi connectivity index (χ0) is 13.8. The van der Waals surface area contributed by atoms with E-state index < -0.39 is 0 Å². The molecule has 104 valence electrons. The number of hydrazine groups is 1. The van der Waals surface area contributed by atoms with Gasteiger partial charge in [-0.3, -0.25) is 10.6 Å². The topological polar surface area (TPSA) is 58.4 Å². The van der Waals surface area contributed by atoms with E-state index in [1.165, 1.54) is 6.42 Å². The van der Waals surface area contributed by atoms with Crippen molar-refractivity contribution in [3.8, 4) is 0 Å². The maximum Gasteiger partial charge on any atom is 0.256 e. The summed E-state index contributed by atoms with van der Waals surface area (Å²) in [5.41, 5.74) is 5.10. The molecule has 0 aliphatic carbocycles. The van der Waals surface area contributed by atoms with Crippen molar-refractivity contribution >= 4 is 11.6 Å². The van der Waals surface area contributed by atoms with Crippen LogP contribution in [-0.4, -0.2) is 23.9 Å². The number of piperidine rings is 1. The molecule has 1 aliphatic heterocycles. The average molecular weight is 261 g/mol. The molecule has 0 atom stereocenters. The summed E-state index contributed by atoms with van der Waals surface area (Å²) in [5, 5.41) is 0. The molecule has 1 heterocycles. The molecule has 1 aliphatic rings. The Bertz CT molecular complexity index is 451. The summed E-state index contributed by atoms with van der Waals surface area (Å²) in [6.45, 7) is 5.92. The average Bonchev–Trinajstić information content (AvgIpc) is 2.46. The van der Waals surface area contributed by atoms with E-state index in [4.69, 9.17) is 5.84 Å². The van der Waals surface area contributed by atoms with Crippen LogP contribution >= 0.6 is 0 Å². The molecule has 4 nitrogen and oxygen atoms in total. The minimum Gasteiger partial charge on any atom is -0.339 e. The number of nitrogens with zero attached hydrogens (tertiary/aromatic N) is 1. The Morgan fingerprint density at radius 2 is 2.11 bits per heavy atom. The Morgan fingerprint density at radius 1 is 1.42 bits per heavy atom. The third-order valence-electron chi connectivity index (χ3n) is 4.04. The van der Waals surface area contributed by atoms with E-state index in [1.54, 1.807) is 0 Å². The quantitative estimate of drug-likeness (QED) is 0.649. The monoisotopic (exact) mass is 261 g/mol. The van der Waals surface area contributed by atoms with Gasteiger partial charge in [0.05, 0.1) is 11.3 Å². The number of amides is 1. The van der Waals surface area contributed by atoms with Gasteiger partial charge in [-0.2, -0.15) is 0 Å². The number of nitrogen functional groups attached to an aromatic ring is 1. The van der Waals surface area contributed by atoms with Crippen molar-refractivity contribution in [2.75, 3.05) is 18.5 Å². The normalized spacial score (nSPS) is 16.5. The van der Waals surface area contributed by atoms with Gasteiger partial charge in [0.1, 0.15) is 0 Å². The lowest BCUT2D eigenvalue weighted by Crippen LogP contribution is -2.38. The molecule has 0 saturated carbocycles. The number of nitrogens with two attached hydrogens (primary N) is 1. The summed E-state index contributed by atoms with van der Waals surface area (Å²) in [6, 6.07) is 5.72. The Kier molecular flexibility index (Phi) is 4.43. The molecule has 4 heteroatoms. The van der Waals surface area contributed by atoms with Crippen LogP contribution in [-0.2, 0) is 0 Å². The van der Waals surface area contributed by atoms with Crippen molar-refractivity contribution in [2.24, 2.45) is 11.8 Å². The number of carbonyl (C=O) groups excluding carboxylic acids is 1. The second-order valence-corrected chi connectivity index (χ2v) is 5.34. The van der Waals surface area contributed by atoms with Crippen LogP contribution in [0.1, 0.15) is 42.1 Å². The maximum atomic E-state index is 12.5. The number of likely N-dealkylation sites (tertiary alicyclic amines) is 1. The lowest BCUT2D eigenvalue weighted by molar-refractivity contribution is 0.0690. The van der Waals surface area contributed by atoms with Crippen LogP contribution in [0.5, 0.6) is 0 Å². The summed E-state index contributed by atoms with van der Waals surface area (Å²) < 4.78 is 0. The number of rotatable bonds is 3. The van der Waals surface area contributed by atoms with Gasteiger partial charge in [0.15, 0.2) is 0 Å². The van der Waals surface area contributed by atoms with Crippen LogP contribution in [0.15, 0.2) is 18.2 Å². The fourth-order valence-electron chi connectivity index (χ4n) is 2.68. The molecular weight excluding hydrogens is 238 g/mol. The van der Waals surface area contributed by atoms with Crippen molar-refractivity contribution in [1.29, 1.82) is 0 Å². The lowest BCUT2D eigenvalue weighted by Gasteiger charge is -2.32. The molecule has 1 saturated heterocycles. The summed E-state index contributed by atoms with van der Waals surface area (Å²) in [5.74, 6) is 6.37. The van der Waals surface area contributed by atoms with Crippen molar-refractivity contribution < 1.29 is 4.79 Å². The Hall–Kier alpha value is -1.55. The molecule has 0 aromatic heterocycles. The van der Waals surface area contributed by atoms with E-state index in [0.29, 0.717) is 11.3 Å². The summed E-state index contributed by atoms with van der Waals surface area (Å²) in [4.78, 5) is 14.5. The standard InChI is InChI=1S/C15H23N3O/c1-3-12-6-8-18(9-7-12)15(19)13-5-4-11(2)10-14(13)17-16/h4-5,10,12,17H,3,6-9,16H2,1-2H3. The van der Waals surface area contributed by atoms with Gasteiger partial charge in [0, 0.05) is 13.1 Å². The molecule has 2 rings (SSSR count). The minimum absolute atomic E-state index is 0.0857. The van der Waals surface area contributed by atoms with Crippen LogP contribution in [0.3, 0.4) is 0 Å². The molecule has 1 aromatic rings. The van der Waals surface area contributed by atoms with Crippen LogP contribution in [0.4, 0.5) is 5.69 Å². The molecule has 0 radical (unpaired) electrons. The van der Waals surface area contributed by atoms with Crippen molar-refractivity contribution in [2.45, 2.75) is 33.1 Å². The number of hydrogen-bond acceptors (Lipinski definition) is 3. The van der Waals surface area contributed by atoms with Crippen molar-refractivity contribution in [1.82, 2.24) is 4.90 Å². The van der Waals surface area contributed by atoms with Gasteiger partial charge in [-0.1, -0.05) is 19.4 Å². The van der Waals surface area contributed by atoms with Gasteiger partial charge in [0.2, 0.25) is 0 Å². The highest BCUT2D eigenvalue weighted by Gasteiger charge is 2.24. The Morgan fingerprint density at radius 3 is 2.68 bits per heavy atom. The van der Waals surface area contributed by atoms with Crippen LogP contribution in [0, 0.1) is 12.8 Å². The van der Waals surface area contributed by atoms with Gasteiger partial charge in [-0.15, -0.1) is 0 Å². The molecule has 0 spiro atoms. The molecule has 1 aromatic carbocycles. The van der Waals surface area contributed by atoms with Gasteiger partial charge in [-0.25, -0.2) is 0 Å². The smallest absolute Gasteiger partial charge is 0.256 e. The fraction of sp³-hybridized carbons (Fsp3) is 0.533. The zero-order valence-corrected chi connectivity index (χ0v) is 11.8. The number of hydrogen-bond donors (Lipinski definition) is 2. The number of benzene rings is 1. The van der Waals surface area contributed by atoms with Crippen molar-refractivity contribution in [3.63, 3.8) is 0 Å². The second-order valence-electron chi connectivity index (χ2n) is 5.34. The van der Waals surface area contributed by atoms with E-state index in [1.807, 2.05) is 30.0 Å². The number of aryl methyl sites for hydroxylation is 1. The number of nitrogens with one attached hydrogen (secondary N) is 1. The largest absolute Gasteiger partial charge is 0.339 e. The minimum atomic E-state index is 0.0857. The third kappa shape index (κ3) is 3.07. The third-order valence-corrected chi connectivity index (χ3v) is 4.04. The van der Waals surface area contributed by atoms with E-state index in [0.717, 1.165) is 37.4 Å². The maximum absolute atomic E-state index is 12.5. The summed E-state index contributed by atoms with van der Waals surface area (Å²) in [7, 11) is 0. The molecule has 1 amide bonds. The molecular formula is C15H23N3O. The predicted octanol–water partition coefficient (Wildman–Crippen LogP) is 2.54. The van der Waals surface area contributed by atoms with Crippen molar-refractivity contribution in [3.05, 3.63) is 29.3 Å². The Balaban J connectivity index is 2.12. The van der Waals surface area contributed by atoms with E-state index in [9.17, 15) is 4.79 Å². The highest BCUT2D eigenvalue weighted by Crippen LogP contribution is 2.24. The van der Waals surface area contributed by atoms with E-state index in [-0.39, 0.29) is 5.91 Å². The molecule has 1 fully saturated rings. The lowest BCUT2D eigenvalue weighted by atomic mass is 9.94. The van der Waals surface area contributed by atoms with Crippen LogP contribution in [0.25, 0.3) is 0 Å². The summed E-state index contributed by atoms with van der Waals surface area (Å²) in [6.07, 6.45) is 3.43. The highest BCUT2D eigenvalue weighted by molar-refractivity contribution is 5.99. The first-order valence-electron chi connectivity index (χ1n) is 7.02. The SMILES string of the molecule is CCC1CCN(C(=O)c2ccc(C)cc2NN)CC1. The Labute approximate surface area is 114 Å². The van der Waals surface area contributed by atoms with Crippen LogP contribution in [0.2, 0.25) is 0 Å². The second kappa shape index (κ2) is 6.06. The van der Waals surface area contributed by atoms with Gasteiger partial charge >= 0.3 is 0 Å². The molecule has 0 unspecified atom stereocenters. The first-order chi connectivity index (χ1) is 9.15. The number of anilines is 1. The van der Waals surface area contributed by atoms with Gasteiger partial charge in [-0.05, 0) is 43.4 Å². The summed E-state index contributed by atoms with van der Waals surface area (Å²) >= 11 is 0. The zero-order valence-electron chi connectivity index (χ0n) is 11.8. The van der Waals surface area contributed by atoms with Gasteiger partial charge in [0.25, 0.3) is 5.91 Å². The molecule has 3 N–H and O–H groups in total. The highest BCUT2D eigenvalue weighted by atomic mass is 16.2. The predicted molar refractivity (Wildman–Crippen MR) is 77.9 cm³/mol. The first kappa shape index (κ1) is 13.9.